The number of hydrogen-bond donors (Lipinski definition) is 2. The van der Waals surface area contributed by atoms with Crippen LogP contribution in [0.3, 0.4) is 0 Å². The lowest BCUT2D eigenvalue weighted by Gasteiger charge is -2.10. The molecule has 4 rings (SSSR count). The van der Waals surface area contributed by atoms with E-state index in [0.29, 0.717) is 28.3 Å². The molecule has 0 bridgehead atoms. The Morgan fingerprint density at radius 3 is 1.77 bits per heavy atom. The van der Waals surface area contributed by atoms with Gasteiger partial charge in [0.15, 0.2) is 0 Å². The van der Waals surface area contributed by atoms with E-state index >= 15 is 0 Å². The lowest BCUT2D eigenvalue weighted by molar-refractivity contribution is 0.462. The SMILES string of the molecule is Oc1ccc(O)c(-c2cc(-c3ccccn3)nc(-c3ccccn3)c2)c1. The molecule has 0 fully saturated rings. The van der Waals surface area contributed by atoms with Gasteiger partial charge in [0.1, 0.15) is 11.5 Å². The molecule has 0 aliphatic carbocycles. The standard InChI is InChI=1S/C21H15N3O2/c25-15-7-8-21(26)16(13-15)14-11-19(17-5-1-3-9-22-17)24-20(12-14)18-6-2-4-10-23-18/h1-13,25-26H. The van der Waals surface area contributed by atoms with E-state index in [-0.39, 0.29) is 11.5 Å². The Hall–Kier alpha value is -3.73. The number of phenolic OH excluding ortho intramolecular Hbond substituents is 2. The highest BCUT2D eigenvalue weighted by Gasteiger charge is 2.13. The Morgan fingerprint density at radius 1 is 0.615 bits per heavy atom. The highest BCUT2D eigenvalue weighted by Crippen LogP contribution is 2.35. The van der Waals surface area contributed by atoms with Crippen LogP contribution in [-0.2, 0) is 0 Å². The van der Waals surface area contributed by atoms with Crippen molar-refractivity contribution in [1.82, 2.24) is 15.0 Å². The van der Waals surface area contributed by atoms with Gasteiger partial charge in [-0.05, 0) is 60.2 Å². The quantitative estimate of drug-likeness (QED) is 0.544. The minimum atomic E-state index is 0.0768. The zero-order chi connectivity index (χ0) is 17.9. The third-order valence-corrected chi connectivity index (χ3v) is 3.97. The second kappa shape index (κ2) is 6.64. The summed E-state index contributed by atoms with van der Waals surface area (Å²) in [6, 6.07) is 19.3. The molecule has 0 spiro atoms. The van der Waals surface area contributed by atoms with E-state index in [9.17, 15) is 10.2 Å². The molecule has 0 saturated heterocycles. The van der Waals surface area contributed by atoms with Gasteiger partial charge in [-0.3, -0.25) is 9.97 Å². The number of nitrogens with zero attached hydrogens (tertiary/aromatic N) is 3. The fourth-order valence-corrected chi connectivity index (χ4v) is 2.73. The first-order valence-corrected chi connectivity index (χ1v) is 8.08. The van der Waals surface area contributed by atoms with Gasteiger partial charge in [-0.25, -0.2) is 4.98 Å². The van der Waals surface area contributed by atoms with Gasteiger partial charge in [-0.15, -0.1) is 0 Å². The van der Waals surface area contributed by atoms with E-state index < -0.39 is 0 Å². The van der Waals surface area contributed by atoms with Crippen molar-refractivity contribution in [3.63, 3.8) is 0 Å². The number of pyridine rings is 3. The van der Waals surface area contributed by atoms with Crippen LogP contribution in [0, 0.1) is 0 Å². The number of benzene rings is 1. The molecular formula is C21H15N3O2. The monoisotopic (exact) mass is 341 g/mol. The molecule has 0 radical (unpaired) electrons. The van der Waals surface area contributed by atoms with Crippen LogP contribution in [0.1, 0.15) is 0 Å². The van der Waals surface area contributed by atoms with Gasteiger partial charge in [0.05, 0.1) is 22.8 Å². The molecule has 0 aliphatic rings. The fraction of sp³-hybridized carbons (Fsp3) is 0. The predicted octanol–water partition coefficient (Wildman–Crippen LogP) is 4.28. The number of rotatable bonds is 3. The summed E-state index contributed by atoms with van der Waals surface area (Å²) in [5.74, 6) is 0.154. The Bertz CT molecular complexity index is 994. The maximum absolute atomic E-state index is 10.2. The number of phenols is 2. The largest absolute Gasteiger partial charge is 0.508 e. The minimum Gasteiger partial charge on any atom is -0.508 e. The molecule has 2 N–H and O–H groups in total. The second-order valence-corrected chi connectivity index (χ2v) is 5.76. The normalized spacial score (nSPS) is 10.6. The zero-order valence-electron chi connectivity index (χ0n) is 13.7. The molecule has 126 valence electrons. The van der Waals surface area contributed by atoms with E-state index in [0.717, 1.165) is 5.56 Å². The number of aromatic hydroxyl groups is 2. The smallest absolute Gasteiger partial charge is 0.123 e. The third-order valence-electron chi connectivity index (χ3n) is 3.97. The van der Waals surface area contributed by atoms with Gasteiger partial charge in [0.2, 0.25) is 0 Å². The predicted molar refractivity (Wildman–Crippen MR) is 99.5 cm³/mol. The van der Waals surface area contributed by atoms with Crippen LogP contribution in [0.15, 0.2) is 79.1 Å². The van der Waals surface area contributed by atoms with Crippen molar-refractivity contribution in [3.05, 3.63) is 79.1 Å². The van der Waals surface area contributed by atoms with Crippen LogP contribution in [0.2, 0.25) is 0 Å². The van der Waals surface area contributed by atoms with Gasteiger partial charge in [-0.2, -0.15) is 0 Å². The van der Waals surface area contributed by atoms with E-state index in [4.69, 9.17) is 0 Å². The molecule has 5 nitrogen and oxygen atoms in total. The molecule has 26 heavy (non-hydrogen) atoms. The molecule has 0 amide bonds. The Balaban J connectivity index is 1.95. The highest BCUT2D eigenvalue weighted by molar-refractivity contribution is 5.78. The Kier molecular flexibility index (Phi) is 4.03. The van der Waals surface area contributed by atoms with E-state index in [1.165, 1.54) is 18.2 Å². The summed E-state index contributed by atoms with van der Waals surface area (Å²) in [5, 5.41) is 20.1. The van der Waals surface area contributed by atoms with Crippen LogP contribution >= 0.6 is 0 Å². The van der Waals surface area contributed by atoms with Gasteiger partial charge < -0.3 is 10.2 Å². The first-order chi connectivity index (χ1) is 12.7. The maximum Gasteiger partial charge on any atom is 0.123 e. The molecule has 0 aliphatic heterocycles. The summed E-state index contributed by atoms with van der Waals surface area (Å²) >= 11 is 0. The molecule has 4 aromatic rings. The van der Waals surface area contributed by atoms with E-state index in [1.807, 2.05) is 48.5 Å². The number of aromatic nitrogens is 3. The average Bonchev–Trinajstić information content (AvgIpc) is 2.71. The van der Waals surface area contributed by atoms with Crippen molar-refractivity contribution >= 4 is 0 Å². The molecule has 0 atom stereocenters. The molecular weight excluding hydrogens is 326 g/mol. The first kappa shape index (κ1) is 15.8. The fourth-order valence-electron chi connectivity index (χ4n) is 2.73. The summed E-state index contributed by atoms with van der Waals surface area (Å²) < 4.78 is 0. The van der Waals surface area contributed by atoms with Crippen molar-refractivity contribution in [1.29, 1.82) is 0 Å². The minimum absolute atomic E-state index is 0.0768. The number of hydrogen-bond acceptors (Lipinski definition) is 5. The summed E-state index contributed by atoms with van der Waals surface area (Å²) in [5.41, 5.74) is 3.98. The van der Waals surface area contributed by atoms with E-state index in [2.05, 4.69) is 15.0 Å². The topological polar surface area (TPSA) is 79.1 Å². The van der Waals surface area contributed by atoms with Gasteiger partial charge in [0, 0.05) is 18.0 Å². The van der Waals surface area contributed by atoms with Crippen LogP contribution in [0.4, 0.5) is 0 Å². The lowest BCUT2D eigenvalue weighted by Crippen LogP contribution is -1.94. The van der Waals surface area contributed by atoms with Crippen LogP contribution < -0.4 is 0 Å². The molecule has 5 heteroatoms. The summed E-state index contributed by atoms with van der Waals surface area (Å²) in [6.07, 6.45) is 3.41. The van der Waals surface area contributed by atoms with Crippen molar-refractivity contribution in [3.8, 4) is 45.4 Å². The molecule has 3 heterocycles. The van der Waals surface area contributed by atoms with Crippen LogP contribution in [0.25, 0.3) is 33.9 Å². The Labute approximate surface area is 150 Å². The molecule has 0 saturated carbocycles. The second-order valence-electron chi connectivity index (χ2n) is 5.76. The van der Waals surface area contributed by atoms with E-state index in [1.54, 1.807) is 12.4 Å². The van der Waals surface area contributed by atoms with Crippen molar-refractivity contribution in [2.75, 3.05) is 0 Å². The van der Waals surface area contributed by atoms with Gasteiger partial charge >= 0.3 is 0 Å². The zero-order valence-corrected chi connectivity index (χ0v) is 13.7. The molecule has 3 aromatic heterocycles. The summed E-state index contributed by atoms with van der Waals surface area (Å²) in [7, 11) is 0. The van der Waals surface area contributed by atoms with Crippen molar-refractivity contribution < 1.29 is 10.2 Å². The van der Waals surface area contributed by atoms with Crippen LogP contribution in [0.5, 0.6) is 11.5 Å². The van der Waals surface area contributed by atoms with Crippen molar-refractivity contribution in [2.45, 2.75) is 0 Å². The van der Waals surface area contributed by atoms with Gasteiger partial charge in [0.25, 0.3) is 0 Å². The molecule has 1 aromatic carbocycles. The summed E-state index contributed by atoms with van der Waals surface area (Å²) in [6.45, 7) is 0. The lowest BCUT2D eigenvalue weighted by atomic mass is 10.0. The van der Waals surface area contributed by atoms with Gasteiger partial charge in [-0.1, -0.05) is 12.1 Å². The Morgan fingerprint density at radius 2 is 1.23 bits per heavy atom. The molecule has 0 unspecified atom stereocenters. The van der Waals surface area contributed by atoms with Crippen LogP contribution in [-0.4, -0.2) is 25.2 Å². The van der Waals surface area contributed by atoms with Crippen molar-refractivity contribution in [2.24, 2.45) is 0 Å². The third kappa shape index (κ3) is 3.10. The maximum atomic E-state index is 10.2. The first-order valence-electron chi connectivity index (χ1n) is 8.08. The highest BCUT2D eigenvalue weighted by atomic mass is 16.3. The average molecular weight is 341 g/mol. The summed E-state index contributed by atoms with van der Waals surface area (Å²) in [4.78, 5) is 13.4.